The summed E-state index contributed by atoms with van der Waals surface area (Å²) in [5.74, 6) is -0.383. The van der Waals surface area contributed by atoms with Crippen LogP contribution in [0.5, 0.6) is 0 Å². The molecule has 0 atom stereocenters. The average Bonchev–Trinajstić information content (AvgIpc) is 2.87. The number of ether oxygens (including phenoxy) is 1. The Bertz CT molecular complexity index is 515. The van der Waals surface area contributed by atoms with Crippen LogP contribution in [0.15, 0.2) is 37.2 Å². The number of carbonyl (C=O) groups is 1. The van der Waals surface area contributed by atoms with Crippen LogP contribution in [-0.2, 0) is 11.4 Å². The number of aromatic nitrogens is 2. The van der Waals surface area contributed by atoms with E-state index in [4.69, 9.17) is 4.74 Å². The van der Waals surface area contributed by atoms with Gasteiger partial charge in [0.1, 0.15) is 12.2 Å². The fraction of sp³-hybridized carbons (Fsp3) is 0.333. The largest absolute Gasteiger partial charge is 0.462 e. The maximum absolute atomic E-state index is 11.8. The number of rotatable bonds is 8. The molecule has 1 aromatic rings. The Kier molecular flexibility index (Phi) is 6.29. The Labute approximate surface area is 119 Å². The average molecular weight is 275 g/mol. The third-order valence-electron chi connectivity index (χ3n) is 2.65. The first-order chi connectivity index (χ1) is 9.65. The molecule has 0 aliphatic carbocycles. The van der Waals surface area contributed by atoms with Gasteiger partial charge in [-0.25, -0.2) is 4.79 Å². The van der Waals surface area contributed by atoms with E-state index < -0.39 is 0 Å². The summed E-state index contributed by atoms with van der Waals surface area (Å²) in [7, 11) is 0. The molecule has 20 heavy (non-hydrogen) atoms. The Morgan fingerprint density at radius 1 is 1.50 bits per heavy atom. The molecule has 0 aromatic carbocycles. The molecule has 0 saturated carbocycles. The standard InChI is InChI=1S/C15H21N3O2/c1-5-9-12(6-2)16-11-18-10-13(14(7-3)17-18)15(19)20-8-4/h5,7,9-10,16H,1,3,6,8,11H2,2,4H3/b12-9+. The van der Waals surface area contributed by atoms with Crippen molar-refractivity contribution in [3.8, 4) is 0 Å². The first-order valence-corrected chi connectivity index (χ1v) is 6.58. The van der Waals surface area contributed by atoms with Gasteiger partial charge in [-0.05, 0) is 25.5 Å². The third-order valence-corrected chi connectivity index (χ3v) is 2.65. The van der Waals surface area contributed by atoms with Gasteiger partial charge in [0.15, 0.2) is 0 Å². The highest BCUT2D eigenvalue weighted by atomic mass is 16.5. The van der Waals surface area contributed by atoms with Gasteiger partial charge in [0.05, 0.1) is 12.3 Å². The van der Waals surface area contributed by atoms with Crippen LogP contribution in [0.4, 0.5) is 0 Å². The highest BCUT2D eigenvalue weighted by Gasteiger charge is 2.15. The third kappa shape index (κ3) is 4.12. The number of carbonyl (C=O) groups excluding carboxylic acids is 1. The van der Waals surface area contributed by atoms with Crippen molar-refractivity contribution in [3.63, 3.8) is 0 Å². The van der Waals surface area contributed by atoms with Crippen molar-refractivity contribution in [2.45, 2.75) is 26.9 Å². The molecule has 0 spiro atoms. The van der Waals surface area contributed by atoms with E-state index in [2.05, 4.69) is 23.6 Å². The van der Waals surface area contributed by atoms with Gasteiger partial charge in [-0.2, -0.15) is 5.10 Å². The number of esters is 1. The number of hydrogen-bond donors (Lipinski definition) is 1. The van der Waals surface area contributed by atoms with Gasteiger partial charge < -0.3 is 10.1 Å². The topological polar surface area (TPSA) is 56.2 Å². The molecule has 0 radical (unpaired) electrons. The zero-order chi connectivity index (χ0) is 15.0. The molecule has 1 aromatic heterocycles. The van der Waals surface area contributed by atoms with Gasteiger partial charge >= 0.3 is 5.97 Å². The second-order valence-electron chi connectivity index (χ2n) is 4.01. The number of nitrogens with zero attached hydrogens (tertiary/aromatic N) is 2. The van der Waals surface area contributed by atoms with Gasteiger partial charge in [-0.3, -0.25) is 4.68 Å². The molecule has 0 aliphatic heterocycles. The van der Waals surface area contributed by atoms with E-state index in [1.54, 1.807) is 30.0 Å². The predicted octanol–water partition coefficient (Wildman–Crippen LogP) is 2.73. The molecular formula is C15H21N3O2. The van der Waals surface area contributed by atoms with Crippen LogP contribution >= 0.6 is 0 Å². The summed E-state index contributed by atoms with van der Waals surface area (Å²) in [5, 5.41) is 7.51. The molecule has 5 nitrogen and oxygen atoms in total. The van der Waals surface area contributed by atoms with Crippen molar-refractivity contribution in [2.75, 3.05) is 6.61 Å². The molecule has 5 heteroatoms. The van der Waals surface area contributed by atoms with Gasteiger partial charge in [0.25, 0.3) is 0 Å². The first kappa shape index (κ1) is 15.8. The Morgan fingerprint density at radius 2 is 2.25 bits per heavy atom. The molecule has 0 aliphatic rings. The lowest BCUT2D eigenvalue weighted by molar-refractivity contribution is 0.0526. The second-order valence-corrected chi connectivity index (χ2v) is 4.01. The normalized spacial score (nSPS) is 11.0. The van der Waals surface area contributed by atoms with Crippen LogP contribution in [0.3, 0.4) is 0 Å². The fourth-order valence-electron chi connectivity index (χ4n) is 1.66. The molecular weight excluding hydrogens is 254 g/mol. The maximum atomic E-state index is 11.8. The Hall–Kier alpha value is -2.30. The minimum atomic E-state index is -0.383. The lowest BCUT2D eigenvalue weighted by atomic mass is 10.2. The molecule has 1 rings (SSSR count). The van der Waals surface area contributed by atoms with Gasteiger partial charge in [-0.15, -0.1) is 0 Å². The number of hydrogen-bond acceptors (Lipinski definition) is 4. The summed E-state index contributed by atoms with van der Waals surface area (Å²) in [4.78, 5) is 11.8. The summed E-state index contributed by atoms with van der Waals surface area (Å²) >= 11 is 0. The lowest BCUT2D eigenvalue weighted by Gasteiger charge is -2.08. The number of allylic oxidation sites excluding steroid dienone is 3. The summed E-state index contributed by atoms with van der Waals surface area (Å²) in [6, 6.07) is 0. The molecule has 108 valence electrons. The van der Waals surface area contributed by atoms with E-state index >= 15 is 0 Å². The van der Waals surface area contributed by atoms with Gasteiger partial charge in [-0.1, -0.05) is 26.2 Å². The van der Waals surface area contributed by atoms with E-state index in [1.165, 1.54) is 0 Å². The van der Waals surface area contributed by atoms with Crippen molar-refractivity contribution in [1.29, 1.82) is 0 Å². The number of nitrogens with one attached hydrogen (secondary N) is 1. The lowest BCUT2D eigenvalue weighted by Crippen LogP contribution is -2.18. The Balaban J connectivity index is 2.82. The van der Waals surface area contributed by atoms with Gasteiger partial charge in [0.2, 0.25) is 0 Å². The van der Waals surface area contributed by atoms with Crippen molar-refractivity contribution < 1.29 is 9.53 Å². The first-order valence-electron chi connectivity index (χ1n) is 6.58. The maximum Gasteiger partial charge on any atom is 0.341 e. The van der Waals surface area contributed by atoms with E-state index in [-0.39, 0.29) is 5.97 Å². The van der Waals surface area contributed by atoms with Crippen molar-refractivity contribution in [3.05, 3.63) is 48.5 Å². The van der Waals surface area contributed by atoms with Crippen LogP contribution < -0.4 is 5.32 Å². The molecule has 0 fully saturated rings. The SMILES string of the molecule is C=C/C=C(\CC)NCn1cc(C(=O)OCC)c(C=C)n1. The molecule has 0 bridgehead atoms. The summed E-state index contributed by atoms with van der Waals surface area (Å²) < 4.78 is 6.63. The molecule has 0 saturated heterocycles. The zero-order valence-electron chi connectivity index (χ0n) is 12.1. The van der Waals surface area contributed by atoms with E-state index in [1.807, 2.05) is 13.0 Å². The predicted molar refractivity (Wildman–Crippen MR) is 80.0 cm³/mol. The smallest absolute Gasteiger partial charge is 0.341 e. The Morgan fingerprint density at radius 3 is 2.80 bits per heavy atom. The van der Waals surface area contributed by atoms with Crippen molar-refractivity contribution >= 4 is 12.0 Å². The molecule has 1 heterocycles. The molecule has 1 N–H and O–H groups in total. The van der Waals surface area contributed by atoms with Gasteiger partial charge in [0, 0.05) is 11.9 Å². The minimum absolute atomic E-state index is 0.334. The highest BCUT2D eigenvalue weighted by molar-refractivity contribution is 5.92. The van der Waals surface area contributed by atoms with Crippen LogP contribution in [0.2, 0.25) is 0 Å². The highest BCUT2D eigenvalue weighted by Crippen LogP contribution is 2.10. The quantitative estimate of drug-likeness (QED) is 0.585. The summed E-state index contributed by atoms with van der Waals surface area (Å²) in [6.45, 7) is 11.9. The van der Waals surface area contributed by atoms with Crippen LogP contribution in [0.1, 0.15) is 36.3 Å². The van der Waals surface area contributed by atoms with Crippen LogP contribution in [0.25, 0.3) is 6.08 Å². The van der Waals surface area contributed by atoms with E-state index in [0.717, 1.165) is 12.1 Å². The monoisotopic (exact) mass is 275 g/mol. The van der Waals surface area contributed by atoms with Crippen molar-refractivity contribution in [2.24, 2.45) is 0 Å². The molecule has 0 unspecified atom stereocenters. The minimum Gasteiger partial charge on any atom is -0.462 e. The van der Waals surface area contributed by atoms with E-state index in [0.29, 0.717) is 24.5 Å². The van der Waals surface area contributed by atoms with E-state index in [9.17, 15) is 4.79 Å². The zero-order valence-corrected chi connectivity index (χ0v) is 12.1. The molecule has 0 amide bonds. The second kappa shape index (κ2) is 7.99. The van der Waals surface area contributed by atoms with Crippen molar-refractivity contribution in [1.82, 2.24) is 15.1 Å². The fourth-order valence-corrected chi connectivity index (χ4v) is 1.66. The van der Waals surface area contributed by atoms with Crippen LogP contribution in [0, 0.1) is 0 Å². The summed E-state index contributed by atoms with van der Waals surface area (Å²) in [6.07, 6.45) is 7.71. The van der Waals surface area contributed by atoms with Crippen LogP contribution in [-0.4, -0.2) is 22.4 Å². The summed E-state index contributed by atoms with van der Waals surface area (Å²) in [5.41, 5.74) is 2.00.